The van der Waals surface area contributed by atoms with Crippen LogP contribution in [0.3, 0.4) is 0 Å². The van der Waals surface area contributed by atoms with Gasteiger partial charge in [0.1, 0.15) is 11.5 Å². The van der Waals surface area contributed by atoms with Crippen molar-refractivity contribution in [2.75, 3.05) is 7.05 Å². The summed E-state index contributed by atoms with van der Waals surface area (Å²) in [7, 11) is 2.18. The second-order valence-corrected chi connectivity index (χ2v) is 6.81. The molecule has 3 heteroatoms. The first-order valence-corrected chi connectivity index (χ1v) is 7.80. The largest absolute Gasteiger partial charge is 0.463 e. The summed E-state index contributed by atoms with van der Waals surface area (Å²) in [6, 6.07) is 2.81. The molecule has 0 unspecified atom stereocenters. The molecular weight excluding hydrogens is 248 g/mol. The molecule has 0 aliphatic rings. The monoisotopic (exact) mass is 280 g/mol. The van der Waals surface area contributed by atoms with Gasteiger partial charge in [0.05, 0.1) is 13.1 Å². The van der Waals surface area contributed by atoms with E-state index in [-0.39, 0.29) is 5.54 Å². The van der Waals surface area contributed by atoms with Gasteiger partial charge in [-0.15, -0.1) is 0 Å². The average molecular weight is 280 g/mol. The maximum Gasteiger partial charge on any atom is 0.120 e. The molecule has 0 saturated carbocycles. The van der Waals surface area contributed by atoms with Crippen LogP contribution in [0.4, 0.5) is 0 Å². The van der Waals surface area contributed by atoms with Crippen LogP contribution in [0.1, 0.15) is 64.5 Å². The van der Waals surface area contributed by atoms with Crippen LogP contribution in [0.15, 0.2) is 10.5 Å². The molecule has 0 amide bonds. The lowest BCUT2D eigenvalue weighted by molar-refractivity contribution is 0.203. The van der Waals surface area contributed by atoms with E-state index in [1.165, 1.54) is 18.4 Å². The normalized spacial score (nSPS) is 12.7. The molecule has 0 radical (unpaired) electrons. The molecule has 1 rings (SSSR count). The lowest BCUT2D eigenvalue weighted by Gasteiger charge is -2.24. The maximum absolute atomic E-state index is 6.02. The summed E-state index contributed by atoms with van der Waals surface area (Å²) in [6.45, 7) is 14.8. The Hall–Kier alpha value is -0.800. The predicted molar refractivity (Wildman–Crippen MR) is 85.9 cm³/mol. The van der Waals surface area contributed by atoms with Crippen molar-refractivity contribution in [3.8, 4) is 0 Å². The third-order valence-electron chi connectivity index (χ3n) is 3.82. The van der Waals surface area contributed by atoms with Crippen molar-refractivity contribution in [2.45, 2.75) is 79.1 Å². The van der Waals surface area contributed by atoms with Crippen LogP contribution in [0, 0.1) is 6.92 Å². The van der Waals surface area contributed by atoms with E-state index in [9.17, 15) is 0 Å². The zero-order valence-electron chi connectivity index (χ0n) is 14.3. The molecule has 0 aliphatic carbocycles. The van der Waals surface area contributed by atoms with Gasteiger partial charge in [-0.25, -0.2) is 0 Å². The van der Waals surface area contributed by atoms with E-state index in [1.54, 1.807) is 0 Å². The number of aryl methyl sites for hydroxylation is 1. The number of hydrogen-bond acceptors (Lipinski definition) is 3. The molecule has 0 bridgehead atoms. The molecule has 0 aliphatic heterocycles. The van der Waals surface area contributed by atoms with E-state index in [4.69, 9.17) is 4.42 Å². The van der Waals surface area contributed by atoms with E-state index in [0.717, 1.165) is 24.6 Å². The van der Waals surface area contributed by atoms with E-state index in [1.807, 2.05) is 0 Å². The Morgan fingerprint density at radius 2 is 1.85 bits per heavy atom. The van der Waals surface area contributed by atoms with Crippen LogP contribution >= 0.6 is 0 Å². The number of furan rings is 1. The Morgan fingerprint density at radius 1 is 1.25 bits per heavy atom. The number of rotatable bonds is 7. The van der Waals surface area contributed by atoms with Crippen LogP contribution in [-0.2, 0) is 13.1 Å². The van der Waals surface area contributed by atoms with Gasteiger partial charge in [-0.2, -0.15) is 0 Å². The highest BCUT2D eigenvalue weighted by atomic mass is 16.3. The molecule has 1 aromatic heterocycles. The minimum absolute atomic E-state index is 0.117. The molecule has 0 fully saturated rings. The minimum Gasteiger partial charge on any atom is -0.463 e. The molecule has 0 spiro atoms. The van der Waals surface area contributed by atoms with Gasteiger partial charge >= 0.3 is 0 Å². The van der Waals surface area contributed by atoms with Gasteiger partial charge in [-0.1, -0.05) is 13.8 Å². The predicted octanol–water partition coefficient (Wildman–Crippen LogP) is 4.10. The lowest BCUT2D eigenvalue weighted by atomic mass is 10.1. The Labute approximate surface area is 124 Å². The van der Waals surface area contributed by atoms with Crippen LogP contribution < -0.4 is 5.32 Å². The summed E-state index contributed by atoms with van der Waals surface area (Å²) in [6.07, 6.45) is 2.37. The van der Waals surface area contributed by atoms with Crippen LogP contribution in [0.2, 0.25) is 0 Å². The van der Waals surface area contributed by atoms with Crippen molar-refractivity contribution in [1.82, 2.24) is 10.2 Å². The highest BCUT2D eigenvalue weighted by molar-refractivity contribution is 5.20. The fourth-order valence-corrected chi connectivity index (χ4v) is 2.48. The Balaban J connectivity index is 2.65. The Morgan fingerprint density at radius 3 is 2.35 bits per heavy atom. The molecule has 116 valence electrons. The first-order chi connectivity index (χ1) is 9.26. The topological polar surface area (TPSA) is 28.4 Å². The van der Waals surface area contributed by atoms with Gasteiger partial charge in [0, 0.05) is 11.6 Å². The molecule has 0 saturated heterocycles. The van der Waals surface area contributed by atoms with Crippen molar-refractivity contribution in [3.63, 3.8) is 0 Å². The van der Waals surface area contributed by atoms with Crippen LogP contribution in [0.5, 0.6) is 0 Å². The number of nitrogens with one attached hydrogen (secondary N) is 1. The van der Waals surface area contributed by atoms with E-state index in [0.29, 0.717) is 6.04 Å². The van der Waals surface area contributed by atoms with Gasteiger partial charge in [-0.05, 0) is 59.2 Å². The highest BCUT2D eigenvalue weighted by Gasteiger charge is 2.16. The fourth-order valence-electron chi connectivity index (χ4n) is 2.48. The zero-order chi connectivity index (χ0) is 15.3. The van der Waals surface area contributed by atoms with Gasteiger partial charge in [0.15, 0.2) is 0 Å². The third kappa shape index (κ3) is 5.29. The summed E-state index contributed by atoms with van der Waals surface area (Å²) in [5.41, 5.74) is 1.36. The van der Waals surface area contributed by atoms with Crippen LogP contribution in [-0.4, -0.2) is 23.5 Å². The van der Waals surface area contributed by atoms with Gasteiger partial charge < -0.3 is 9.73 Å². The molecular formula is C17H32N2O. The zero-order valence-corrected chi connectivity index (χ0v) is 14.3. The maximum atomic E-state index is 6.02. The van der Waals surface area contributed by atoms with Gasteiger partial charge in [0.2, 0.25) is 0 Å². The Kier molecular flexibility index (Phi) is 6.28. The van der Waals surface area contributed by atoms with E-state index < -0.39 is 0 Å². The quantitative estimate of drug-likeness (QED) is 0.815. The van der Waals surface area contributed by atoms with Crippen LogP contribution in [0.25, 0.3) is 0 Å². The third-order valence-corrected chi connectivity index (χ3v) is 3.82. The molecule has 0 aromatic carbocycles. The smallest absolute Gasteiger partial charge is 0.120 e. The molecule has 0 atom stereocenters. The number of hydrogen-bond donors (Lipinski definition) is 1. The first kappa shape index (κ1) is 17.3. The lowest BCUT2D eigenvalue weighted by Crippen LogP contribution is -2.35. The molecule has 1 aromatic rings. The number of nitrogens with zero attached hydrogens (tertiary/aromatic N) is 1. The summed E-state index contributed by atoms with van der Waals surface area (Å²) in [5.74, 6) is 2.13. The summed E-state index contributed by atoms with van der Waals surface area (Å²) in [5, 5.41) is 3.48. The van der Waals surface area contributed by atoms with Crippen molar-refractivity contribution in [1.29, 1.82) is 0 Å². The van der Waals surface area contributed by atoms with Crippen molar-refractivity contribution >= 4 is 0 Å². The van der Waals surface area contributed by atoms with E-state index >= 15 is 0 Å². The van der Waals surface area contributed by atoms with Crippen molar-refractivity contribution in [2.24, 2.45) is 0 Å². The fraction of sp³-hybridized carbons (Fsp3) is 0.765. The average Bonchev–Trinajstić information content (AvgIpc) is 2.67. The molecule has 3 nitrogen and oxygen atoms in total. The SMILES string of the molecule is CCC(CC)N(C)Cc1cc(C)c(CNC(C)(C)C)o1. The summed E-state index contributed by atoms with van der Waals surface area (Å²) in [4.78, 5) is 2.39. The standard InChI is InChI=1S/C17H32N2O/c1-8-14(9-2)19(7)12-15-10-13(3)16(20-15)11-18-17(4,5)6/h10,14,18H,8-9,11-12H2,1-7H3. The van der Waals surface area contributed by atoms with Gasteiger partial charge in [0.25, 0.3) is 0 Å². The van der Waals surface area contributed by atoms with E-state index in [2.05, 4.69) is 64.9 Å². The molecule has 1 N–H and O–H groups in total. The second-order valence-electron chi connectivity index (χ2n) is 6.81. The summed E-state index contributed by atoms with van der Waals surface area (Å²) < 4.78 is 6.02. The van der Waals surface area contributed by atoms with Crippen molar-refractivity contribution < 1.29 is 4.42 Å². The Bertz CT molecular complexity index is 400. The molecule has 1 heterocycles. The molecule has 20 heavy (non-hydrogen) atoms. The summed E-state index contributed by atoms with van der Waals surface area (Å²) >= 11 is 0. The second kappa shape index (κ2) is 7.28. The minimum atomic E-state index is 0.117. The van der Waals surface area contributed by atoms with Crippen molar-refractivity contribution in [3.05, 3.63) is 23.2 Å². The first-order valence-electron chi connectivity index (χ1n) is 7.80. The highest BCUT2D eigenvalue weighted by Crippen LogP contribution is 2.18. The van der Waals surface area contributed by atoms with Gasteiger partial charge in [-0.3, -0.25) is 4.90 Å².